The van der Waals surface area contributed by atoms with Gasteiger partial charge in [-0.1, -0.05) is 24.3 Å². The SMILES string of the molecule is CS(=O)(=O)c1ccc(C2=C(c3ccc(N4CCCC4)cc3)C(=O)OC2)cc1. The minimum atomic E-state index is -3.25. The fourth-order valence-corrected chi connectivity index (χ4v) is 4.27. The monoisotopic (exact) mass is 383 g/mol. The average Bonchev–Trinajstić information content (AvgIpc) is 3.31. The summed E-state index contributed by atoms with van der Waals surface area (Å²) < 4.78 is 28.6. The van der Waals surface area contributed by atoms with Crippen LogP contribution in [0.4, 0.5) is 5.69 Å². The number of ether oxygens (including phenoxy) is 1. The molecule has 0 amide bonds. The van der Waals surface area contributed by atoms with Crippen molar-refractivity contribution in [1.82, 2.24) is 0 Å². The first-order chi connectivity index (χ1) is 12.9. The molecule has 0 aliphatic carbocycles. The first-order valence-electron chi connectivity index (χ1n) is 8.99. The van der Waals surface area contributed by atoms with E-state index in [1.807, 2.05) is 24.3 Å². The van der Waals surface area contributed by atoms with Crippen LogP contribution in [0.5, 0.6) is 0 Å². The summed E-state index contributed by atoms with van der Waals surface area (Å²) in [6, 6.07) is 14.6. The van der Waals surface area contributed by atoms with E-state index in [0.717, 1.165) is 29.8 Å². The molecule has 0 unspecified atom stereocenters. The summed E-state index contributed by atoms with van der Waals surface area (Å²) in [7, 11) is -3.25. The molecule has 0 atom stereocenters. The van der Waals surface area contributed by atoms with Crippen LogP contribution in [0, 0.1) is 0 Å². The lowest BCUT2D eigenvalue weighted by Gasteiger charge is -2.17. The topological polar surface area (TPSA) is 63.7 Å². The zero-order valence-electron chi connectivity index (χ0n) is 15.1. The molecule has 27 heavy (non-hydrogen) atoms. The highest BCUT2D eigenvalue weighted by molar-refractivity contribution is 7.90. The number of anilines is 1. The molecule has 0 radical (unpaired) electrons. The van der Waals surface area contributed by atoms with Crippen LogP contribution in [0.25, 0.3) is 11.1 Å². The predicted molar refractivity (Wildman–Crippen MR) is 105 cm³/mol. The minimum Gasteiger partial charge on any atom is -0.457 e. The molecule has 2 heterocycles. The Hall–Kier alpha value is -2.60. The average molecular weight is 383 g/mol. The Kier molecular flexibility index (Phi) is 4.52. The van der Waals surface area contributed by atoms with E-state index in [4.69, 9.17) is 4.74 Å². The molecule has 2 aromatic rings. The van der Waals surface area contributed by atoms with Crippen LogP contribution in [0.3, 0.4) is 0 Å². The van der Waals surface area contributed by atoms with Crippen molar-refractivity contribution in [3.8, 4) is 0 Å². The van der Waals surface area contributed by atoms with Crippen molar-refractivity contribution >= 4 is 32.6 Å². The van der Waals surface area contributed by atoms with Gasteiger partial charge < -0.3 is 9.64 Å². The lowest BCUT2D eigenvalue weighted by atomic mass is 9.96. The highest BCUT2D eigenvalue weighted by Gasteiger charge is 2.27. The molecule has 140 valence electrons. The van der Waals surface area contributed by atoms with Crippen molar-refractivity contribution in [2.24, 2.45) is 0 Å². The van der Waals surface area contributed by atoms with E-state index in [1.54, 1.807) is 24.3 Å². The van der Waals surface area contributed by atoms with Gasteiger partial charge in [0.05, 0.1) is 10.5 Å². The lowest BCUT2D eigenvalue weighted by Crippen LogP contribution is -2.17. The minimum absolute atomic E-state index is 0.195. The van der Waals surface area contributed by atoms with E-state index in [2.05, 4.69) is 4.90 Å². The summed E-state index contributed by atoms with van der Waals surface area (Å²) in [6.07, 6.45) is 3.61. The fourth-order valence-electron chi connectivity index (χ4n) is 3.64. The second kappa shape index (κ2) is 6.85. The van der Waals surface area contributed by atoms with Gasteiger partial charge in [0.2, 0.25) is 0 Å². The van der Waals surface area contributed by atoms with Crippen LogP contribution >= 0.6 is 0 Å². The molecule has 0 aromatic heterocycles. The van der Waals surface area contributed by atoms with Crippen molar-refractivity contribution in [3.05, 3.63) is 59.7 Å². The van der Waals surface area contributed by atoms with Gasteiger partial charge in [0.25, 0.3) is 0 Å². The van der Waals surface area contributed by atoms with E-state index in [0.29, 0.717) is 5.57 Å². The molecule has 0 bridgehead atoms. The molecule has 1 fully saturated rings. The third-order valence-corrected chi connectivity index (χ3v) is 6.24. The number of hydrogen-bond donors (Lipinski definition) is 0. The molecule has 1 saturated heterocycles. The number of carbonyl (C=O) groups excluding carboxylic acids is 1. The van der Waals surface area contributed by atoms with E-state index in [-0.39, 0.29) is 17.5 Å². The Morgan fingerprint density at radius 3 is 2.07 bits per heavy atom. The summed E-state index contributed by atoms with van der Waals surface area (Å²) in [5, 5.41) is 0. The maximum atomic E-state index is 12.3. The Morgan fingerprint density at radius 2 is 1.48 bits per heavy atom. The Labute approximate surface area is 159 Å². The Balaban J connectivity index is 1.69. The lowest BCUT2D eigenvalue weighted by molar-refractivity contribution is -0.133. The van der Waals surface area contributed by atoms with E-state index < -0.39 is 9.84 Å². The number of sulfone groups is 1. The third kappa shape index (κ3) is 3.49. The first kappa shape index (κ1) is 17.8. The van der Waals surface area contributed by atoms with Crippen molar-refractivity contribution in [2.75, 3.05) is 30.9 Å². The highest BCUT2D eigenvalue weighted by atomic mass is 32.2. The summed E-state index contributed by atoms with van der Waals surface area (Å²) in [6.45, 7) is 2.34. The van der Waals surface area contributed by atoms with Gasteiger partial charge in [-0.25, -0.2) is 13.2 Å². The normalized spacial score (nSPS) is 17.5. The van der Waals surface area contributed by atoms with Crippen molar-refractivity contribution < 1.29 is 17.9 Å². The van der Waals surface area contributed by atoms with Crippen LogP contribution in [-0.4, -0.2) is 40.3 Å². The van der Waals surface area contributed by atoms with E-state index in [9.17, 15) is 13.2 Å². The van der Waals surface area contributed by atoms with Crippen LogP contribution < -0.4 is 4.90 Å². The van der Waals surface area contributed by atoms with Gasteiger partial charge in [-0.15, -0.1) is 0 Å². The van der Waals surface area contributed by atoms with Gasteiger partial charge in [0.15, 0.2) is 9.84 Å². The maximum Gasteiger partial charge on any atom is 0.339 e. The molecule has 0 N–H and O–H groups in total. The summed E-state index contributed by atoms with van der Waals surface area (Å²) in [5.74, 6) is -0.342. The quantitative estimate of drug-likeness (QED) is 0.759. The molecular formula is C21H21NO4S. The zero-order chi connectivity index (χ0) is 19.0. The highest BCUT2D eigenvalue weighted by Crippen LogP contribution is 2.34. The van der Waals surface area contributed by atoms with Gasteiger partial charge >= 0.3 is 5.97 Å². The smallest absolute Gasteiger partial charge is 0.339 e. The van der Waals surface area contributed by atoms with Crippen molar-refractivity contribution in [2.45, 2.75) is 17.7 Å². The number of nitrogens with zero attached hydrogens (tertiary/aromatic N) is 1. The number of benzene rings is 2. The Morgan fingerprint density at radius 1 is 0.889 bits per heavy atom. The summed E-state index contributed by atoms with van der Waals surface area (Å²) in [5.41, 5.74) is 4.13. The first-order valence-corrected chi connectivity index (χ1v) is 10.9. The molecule has 0 spiro atoms. The molecule has 2 aromatic carbocycles. The van der Waals surface area contributed by atoms with Gasteiger partial charge in [-0.2, -0.15) is 0 Å². The Bertz CT molecular complexity index is 999. The van der Waals surface area contributed by atoms with Gasteiger partial charge in [-0.3, -0.25) is 0 Å². The molecule has 4 rings (SSSR count). The van der Waals surface area contributed by atoms with Gasteiger partial charge in [0, 0.05) is 30.6 Å². The number of esters is 1. The summed E-state index contributed by atoms with van der Waals surface area (Å²) in [4.78, 5) is 14.9. The number of hydrogen-bond acceptors (Lipinski definition) is 5. The maximum absolute atomic E-state index is 12.3. The fraction of sp³-hybridized carbons (Fsp3) is 0.286. The zero-order valence-corrected chi connectivity index (χ0v) is 16.0. The number of rotatable bonds is 4. The second-order valence-corrected chi connectivity index (χ2v) is 8.98. The predicted octanol–water partition coefficient (Wildman–Crippen LogP) is 3.16. The van der Waals surface area contributed by atoms with Gasteiger partial charge in [0.1, 0.15) is 6.61 Å². The number of carbonyl (C=O) groups is 1. The third-order valence-electron chi connectivity index (χ3n) is 5.11. The van der Waals surface area contributed by atoms with Gasteiger partial charge in [-0.05, 0) is 48.2 Å². The number of cyclic esters (lactones) is 1. The standard InChI is InChI=1S/C21H21NO4S/c1-27(24,25)18-10-6-15(7-11-18)19-14-26-21(23)20(19)16-4-8-17(9-5-16)22-12-2-3-13-22/h4-11H,2-3,12-14H2,1H3. The van der Waals surface area contributed by atoms with Crippen LogP contribution in [0.1, 0.15) is 24.0 Å². The van der Waals surface area contributed by atoms with Crippen molar-refractivity contribution in [3.63, 3.8) is 0 Å². The van der Waals surface area contributed by atoms with Crippen LogP contribution in [-0.2, 0) is 19.4 Å². The molecular weight excluding hydrogens is 362 g/mol. The molecule has 0 saturated carbocycles. The van der Waals surface area contributed by atoms with Crippen LogP contribution in [0.2, 0.25) is 0 Å². The molecule has 2 aliphatic heterocycles. The van der Waals surface area contributed by atoms with E-state index in [1.165, 1.54) is 24.8 Å². The second-order valence-electron chi connectivity index (χ2n) is 6.97. The largest absolute Gasteiger partial charge is 0.457 e. The van der Waals surface area contributed by atoms with Crippen LogP contribution in [0.15, 0.2) is 53.4 Å². The molecule has 5 nitrogen and oxygen atoms in total. The van der Waals surface area contributed by atoms with E-state index >= 15 is 0 Å². The molecule has 6 heteroatoms. The van der Waals surface area contributed by atoms with Crippen molar-refractivity contribution in [1.29, 1.82) is 0 Å². The molecule has 2 aliphatic rings. The summed E-state index contributed by atoms with van der Waals surface area (Å²) >= 11 is 0.